The van der Waals surface area contributed by atoms with Crippen molar-refractivity contribution < 1.29 is 36.3 Å². The molecule has 1 unspecified atom stereocenters. The SMILES string of the molecule is C[C@H]1C(=O)NC[C@@H]1C(=O)Nc1cc(-c2cc(P)cc(OC(C)(F)F)c2)n(-c2cnc(C(F)(F)F)nc2)n1. The fraction of sp³-hybridized carbons (Fsp3) is 0.318. The number of rotatable bonds is 6. The van der Waals surface area contributed by atoms with Crippen LogP contribution >= 0.6 is 9.24 Å². The first-order chi connectivity index (χ1) is 17.2. The number of halogens is 5. The molecule has 1 fully saturated rings. The molecule has 2 N–H and O–H groups in total. The molecular formula is C22H20F5N6O3P. The maximum absolute atomic E-state index is 13.5. The van der Waals surface area contributed by atoms with E-state index in [-0.39, 0.29) is 35.4 Å². The minimum absolute atomic E-state index is 0.00361. The van der Waals surface area contributed by atoms with Crippen molar-refractivity contribution in [2.24, 2.45) is 11.8 Å². The van der Waals surface area contributed by atoms with Gasteiger partial charge >= 0.3 is 12.3 Å². The van der Waals surface area contributed by atoms with Gasteiger partial charge < -0.3 is 15.4 Å². The predicted molar refractivity (Wildman–Crippen MR) is 124 cm³/mol. The normalized spacial score (nSPS) is 18.0. The van der Waals surface area contributed by atoms with E-state index in [0.717, 1.165) is 17.1 Å². The van der Waals surface area contributed by atoms with Crippen molar-refractivity contribution >= 4 is 32.2 Å². The Morgan fingerprint density at radius 1 is 1.16 bits per heavy atom. The Kier molecular flexibility index (Phi) is 6.89. The van der Waals surface area contributed by atoms with Gasteiger partial charge in [-0.1, -0.05) is 6.92 Å². The Labute approximate surface area is 209 Å². The summed E-state index contributed by atoms with van der Waals surface area (Å²) >= 11 is 0. The van der Waals surface area contributed by atoms with E-state index in [4.69, 9.17) is 0 Å². The molecule has 3 atom stereocenters. The molecule has 0 bridgehead atoms. The number of hydrogen-bond acceptors (Lipinski definition) is 6. The lowest BCUT2D eigenvalue weighted by atomic mass is 9.97. The summed E-state index contributed by atoms with van der Waals surface area (Å²) in [6.07, 6.45) is -6.46. The van der Waals surface area contributed by atoms with Gasteiger partial charge in [0.25, 0.3) is 0 Å². The summed E-state index contributed by atoms with van der Waals surface area (Å²) in [6, 6.07) is 5.62. The Morgan fingerprint density at radius 2 is 1.84 bits per heavy atom. The van der Waals surface area contributed by atoms with E-state index in [9.17, 15) is 31.5 Å². The molecular weight excluding hydrogens is 522 g/mol. The van der Waals surface area contributed by atoms with Crippen LogP contribution in [0, 0.1) is 11.8 Å². The quantitative estimate of drug-likeness (QED) is 0.366. The van der Waals surface area contributed by atoms with E-state index < -0.39 is 35.9 Å². The van der Waals surface area contributed by atoms with Gasteiger partial charge in [-0.15, -0.1) is 14.3 Å². The average Bonchev–Trinajstić information content (AvgIpc) is 3.35. The fourth-order valence-corrected chi connectivity index (χ4v) is 4.07. The molecule has 15 heteroatoms. The van der Waals surface area contributed by atoms with E-state index in [1.165, 1.54) is 18.2 Å². The number of aromatic nitrogens is 4. The van der Waals surface area contributed by atoms with Gasteiger partial charge in [-0.25, -0.2) is 14.6 Å². The van der Waals surface area contributed by atoms with Crippen LogP contribution in [-0.4, -0.2) is 44.2 Å². The van der Waals surface area contributed by atoms with Crippen LogP contribution in [0.5, 0.6) is 5.75 Å². The van der Waals surface area contributed by atoms with Gasteiger partial charge in [-0.2, -0.15) is 22.0 Å². The molecule has 1 aliphatic rings. The molecule has 9 nitrogen and oxygen atoms in total. The van der Waals surface area contributed by atoms with Crippen LogP contribution in [0.3, 0.4) is 0 Å². The van der Waals surface area contributed by atoms with Gasteiger partial charge in [0.2, 0.25) is 17.6 Å². The van der Waals surface area contributed by atoms with Crippen LogP contribution in [0.1, 0.15) is 19.7 Å². The number of alkyl halides is 5. The predicted octanol–water partition coefficient (Wildman–Crippen LogP) is 3.16. The summed E-state index contributed by atoms with van der Waals surface area (Å²) < 4.78 is 71.6. The lowest BCUT2D eigenvalue weighted by Gasteiger charge is -2.15. The molecule has 1 saturated heterocycles. The van der Waals surface area contributed by atoms with Crippen molar-refractivity contribution in [2.75, 3.05) is 11.9 Å². The first-order valence-electron chi connectivity index (χ1n) is 10.8. The molecule has 0 aliphatic carbocycles. The van der Waals surface area contributed by atoms with Crippen LogP contribution in [0.2, 0.25) is 0 Å². The number of amides is 2. The molecule has 4 rings (SSSR count). The van der Waals surface area contributed by atoms with Crippen molar-refractivity contribution in [3.05, 3.63) is 42.5 Å². The van der Waals surface area contributed by atoms with Crippen LogP contribution in [0.25, 0.3) is 16.9 Å². The third-order valence-corrected chi connectivity index (χ3v) is 5.80. The molecule has 196 valence electrons. The maximum Gasteiger partial charge on any atom is 0.451 e. The molecule has 3 heterocycles. The number of anilines is 1. The molecule has 0 saturated carbocycles. The molecule has 0 spiro atoms. The molecule has 1 aliphatic heterocycles. The molecule has 3 aromatic rings. The largest absolute Gasteiger partial charge is 0.451 e. The third-order valence-electron chi connectivity index (χ3n) is 5.47. The number of benzene rings is 1. The summed E-state index contributed by atoms with van der Waals surface area (Å²) in [4.78, 5) is 31.2. The summed E-state index contributed by atoms with van der Waals surface area (Å²) in [5, 5.41) is 9.91. The summed E-state index contributed by atoms with van der Waals surface area (Å²) in [5.41, 5.74) is 0.513. The fourth-order valence-electron chi connectivity index (χ4n) is 3.73. The van der Waals surface area contributed by atoms with Crippen LogP contribution in [0.4, 0.5) is 27.8 Å². The third kappa shape index (κ3) is 6.01. The lowest BCUT2D eigenvalue weighted by molar-refractivity contribution is -0.158. The molecule has 1 aromatic carbocycles. The Bertz CT molecular complexity index is 1340. The Morgan fingerprint density at radius 3 is 2.41 bits per heavy atom. The van der Waals surface area contributed by atoms with Gasteiger partial charge in [0.05, 0.1) is 24.0 Å². The highest BCUT2D eigenvalue weighted by molar-refractivity contribution is 7.27. The zero-order chi connectivity index (χ0) is 27.1. The van der Waals surface area contributed by atoms with Gasteiger partial charge in [0.15, 0.2) is 5.82 Å². The highest BCUT2D eigenvalue weighted by Gasteiger charge is 2.37. The van der Waals surface area contributed by atoms with Crippen molar-refractivity contribution in [2.45, 2.75) is 26.1 Å². The molecule has 2 aromatic heterocycles. The smallest absolute Gasteiger partial charge is 0.433 e. The summed E-state index contributed by atoms with van der Waals surface area (Å²) in [6.45, 7) is 2.31. The second-order valence-electron chi connectivity index (χ2n) is 8.42. The van der Waals surface area contributed by atoms with E-state index >= 15 is 0 Å². The van der Waals surface area contributed by atoms with Gasteiger partial charge in [0, 0.05) is 31.0 Å². The van der Waals surface area contributed by atoms with Gasteiger partial charge in [0.1, 0.15) is 11.4 Å². The van der Waals surface area contributed by atoms with E-state index in [1.54, 1.807) is 13.0 Å². The second-order valence-corrected chi connectivity index (χ2v) is 9.09. The molecule has 0 radical (unpaired) electrons. The second kappa shape index (κ2) is 9.66. The number of carbonyl (C=O) groups excluding carboxylic acids is 2. The zero-order valence-corrected chi connectivity index (χ0v) is 20.5. The molecule has 37 heavy (non-hydrogen) atoms. The van der Waals surface area contributed by atoms with Gasteiger partial charge in [-0.05, 0) is 23.5 Å². The van der Waals surface area contributed by atoms with Gasteiger partial charge in [-0.3, -0.25) is 9.59 Å². The van der Waals surface area contributed by atoms with Crippen LogP contribution in [-0.2, 0) is 15.8 Å². The number of ether oxygens (including phenoxy) is 1. The van der Waals surface area contributed by atoms with Crippen LogP contribution in [0.15, 0.2) is 36.7 Å². The van der Waals surface area contributed by atoms with Crippen LogP contribution < -0.4 is 20.7 Å². The Balaban J connectivity index is 1.76. The van der Waals surface area contributed by atoms with E-state index in [0.29, 0.717) is 17.8 Å². The topological polar surface area (TPSA) is 111 Å². The Hall–Kier alpha value is -3.67. The van der Waals surface area contributed by atoms with E-state index in [2.05, 4.69) is 39.7 Å². The van der Waals surface area contributed by atoms with Crippen molar-refractivity contribution in [3.8, 4) is 22.7 Å². The lowest BCUT2D eigenvalue weighted by Crippen LogP contribution is -2.28. The maximum atomic E-state index is 13.5. The first-order valence-corrected chi connectivity index (χ1v) is 11.3. The monoisotopic (exact) mass is 542 g/mol. The molecule has 2 amide bonds. The standard InChI is InChI=1S/C22H20F5N6O3P/c1-10-15(9-28-18(10)34)19(35)31-17-6-16(11-3-13(5-14(37)4-11)36-21(2,23)24)33(32-17)12-7-29-20(30-8-12)22(25,26)27/h3-8,10,15H,9,37H2,1-2H3,(H,28,34)(H,31,32,35)/t10-,15+/m1/s1. The van der Waals surface area contributed by atoms with E-state index in [1.807, 2.05) is 0 Å². The summed E-state index contributed by atoms with van der Waals surface area (Å²) in [5.74, 6) is -3.55. The van der Waals surface area contributed by atoms with Crippen molar-refractivity contribution in [3.63, 3.8) is 0 Å². The minimum Gasteiger partial charge on any atom is -0.433 e. The number of carbonyl (C=O) groups is 2. The van der Waals surface area contributed by atoms with Crippen molar-refractivity contribution in [1.29, 1.82) is 0 Å². The first kappa shape index (κ1) is 26.4. The highest BCUT2D eigenvalue weighted by Crippen LogP contribution is 2.32. The number of nitrogens with zero attached hydrogens (tertiary/aromatic N) is 4. The minimum atomic E-state index is -4.76. The summed E-state index contributed by atoms with van der Waals surface area (Å²) in [7, 11) is 2.34. The van der Waals surface area contributed by atoms with Crippen molar-refractivity contribution in [1.82, 2.24) is 25.1 Å². The number of nitrogens with one attached hydrogen (secondary N) is 2. The average molecular weight is 542 g/mol. The number of hydrogen-bond donors (Lipinski definition) is 2. The zero-order valence-electron chi connectivity index (χ0n) is 19.3. The highest BCUT2D eigenvalue weighted by atomic mass is 31.0.